The Morgan fingerprint density at radius 1 is 0.676 bits per heavy atom. The Balaban J connectivity index is 0.000000630. The van der Waals surface area contributed by atoms with Crippen LogP contribution in [-0.2, 0) is 20.4 Å². The van der Waals surface area contributed by atoms with Crippen molar-refractivity contribution in [1.29, 1.82) is 10.5 Å². The first-order valence-corrected chi connectivity index (χ1v) is 12.1. The van der Waals surface area contributed by atoms with Gasteiger partial charge in [0.15, 0.2) is 0 Å². The van der Waals surface area contributed by atoms with E-state index < -0.39 is 0 Å². The Bertz CT molecular complexity index is 1310. The van der Waals surface area contributed by atoms with E-state index in [0.717, 1.165) is 46.0 Å². The van der Waals surface area contributed by atoms with Crippen molar-refractivity contribution in [2.45, 2.75) is 51.6 Å². The molecule has 0 aliphatic heterocycles. The third-order valence-corrected chi connectivity index (χ3v) is 5.73. The van der Waals surface area contributed by atoms with Gasteiger partial charge in [0.1, 0.15) is 0 Å². The van der Waals surface area contributed by atoms with Gasteiger partial charge in [-0.05, 0) is 37.1 Å². The summed E-state index contributed by atoms with van der Waals surface area (Å²) in [7, 11) is 0. The van der Waals surface area contributed by atoms with Gasteiger partial charge in [0, 0.05) is 57.5 Å². The van der Waals surface area contributed by atoms with Crippen LogP contribution in [0.2, 0.25) is 0 Å². The van der Waals surface area contributed by atoms with Crippen LogP contribution in [0.4, 0.5) is 0 Å². The normalized spacial score (nSPS) is 16.5. The van der Waals surface area contributed by atoms with E-state index in [2.05, 4.69) is 24.3 Å². The van der Waals surface area contributed by atoms with Gasteiger partial charge < -0.3 is 0 Å². The molecule has 2 heterocycles. The number of nitriles is 2. The van der Waals surface area contributed by atoms with Crippen LogP contribution < -0.4 is 0 Å². The van der Waals surface area contributed by atoms with Gasteiger partial charge in [0.2, 0.25) is 0 Å². The molecule has 1 aliphatic carbocycles. The fraction of sp³-hybridized carbons (Fsp3) is 0.267. The Labute approximate surface area is 232 Å². The van der Waals surface area contributed by atoms with Crippen LogP contribution >= 0.6 is 0 Å². The van der Waals surface area contributed by atoms with E-state index in [1.54, 1.807) is 12.1 Å². The van der Waals surface area contributed by atoms with Crippen molar-refractivity contribution in [3.8, 4) is 12.1 Å². The summed E-state index contributed by atoms with van der Waals surface area (Å²) < 4.78 is 0. The summed E-state index contributed by atoms with van der Waals surface area (Å²) in [6, 6.07) is 28.5. The molecule has 1 aliphatic rings. The number of nitrogens with zero attached hydrogens (tertiary/aromatic N) is 6. The van der Waals surface area contributed by atoms with Crippen molar-refractivity contribution in [3.05, 3.63) is 84.2 Å². The van der Waals surface area contributed by atoms with Crippen LogP contribution in [0.25, 0.3) is 21.8 Å². The predicted octanol–water partition coefficient (Wildman–Crippen LogP) is 6.69. The molecule has 0 bridgehead atoms. The van der Waals surface area contributed by atoms with Crippen LogP contribution in [0, 0.1) is 22.7 Å². The van der Waals surface area contributed by atoms with Crippen LogP contribution in [0.5, 0.6) is 0 Å². The van der Waals surface area contributed by atoms with Crippen molar-refractivity contribution in [2.75, 3.05) is 0 Å². The number of hydrogen-bond donors (Lipinski definition) is 0. The molecular weight excluding hydrogens is 551 g/mol. The molecule has 2 aromatic heterocycles. The average Bonchev–Trinajstić information content (AvgIpc) is 2.92. The van der Waals surface area contributed by atoms with E-state index in [1.165, 1.54) is 26.7 Å². The third kappa shape index (κ3) is 9.00. The first-order chi connectivity index (χ1) is 17.7. The summed E-state index contributed by atoms with van der Waals surface area (Å²) >= 11 is 0. The molecule has 2 unspecified atom stereocenters. The summed E-state index contributed by atoms with van der Waals surface area (Å²) in [5, 5.41) is 16.9. The Morgan fingerprint density at radius 3 is 1.46 bits per heavy atom. The Kier molecular flexibility index (Phi) is 12.8. The maximum atomic E-state index is 7.32. The molecule has 2 aromatic carbocycles. The molecule has 0 amide bonds. The van der Waals surface area contributed by atoms with Crippen LogP contribution in [0.1, 0.15) is 50.9 Å². The van der Waals surface area contributed by atoms with Crippen molar-refractivity contribution in [2.24, 2.45) is 9.98 Å². The molecule has 0 N–H and O–H groups in total. The second-order valence-corrected chi connectivity index (χ2v) is 8.28. The quantitative estimate of drug-likeness (QED) is 0.198. The fourth-order valence-corrected chi connectivity index (χ4v) is 4.09. The van der Waals surface area contributed by atoms with E-state index in [4.69, 9.17) is 30.5 Å². The summed E-state index contributed by atoms with van der Waals surface area (Å²) in [4.78, 5) is 19.2. The average molecular weight is 581 g/mol. The largest absolute Gasteiger partial charge is 0.285 e. The number of pyridine rings is 2. The van der Waals surface area contributed by atoms with E-state index in [-0.39, 0.29) is 32.5 Å². The molecule has 5 rings (SSSR count). The maximum Gasteiger partial charge on any atom is 0.0815 e. The number of para-hydroxylation sites is 2. The SMILES string of the molecule is C(=NC1CCCCC1N=Cc1ccc2ccccc2n1)c1ccc2ccccc2n1.CC#N.CC#N.[Pd]. The van der Waals surface area contributed by atoms with Crippen LogP contribution in [-0.4, -0.2) is 34.5 Å². The molecule has 1 saturated carbocycles. The zero-order valence-electron chi connectivity index (χ0n) is 21.1. The molecule has 7 heteroatoms. The van der Waals surface area contributed by atoms with Crippen molar-refractivity contribution in [3.63, 3.8) is 0 Å². The van der Waals surface area contributed by atoms with E-state index >= 15 is 0 Å². The molecular formula is C30H30N6Pd. The number of hydrogen-bond acceptors (Lipinski definition) is 6. The summed E-state index contributed by atoms with van der Waals surface area (Å²) in [6.45, 7) is 2.86. The molecule has 0 saturated heterocycles. The number of benzene rings is 2. The molecule has 1 fully saturated rings. The Morgan fingerprint density at radius 2 is 1.05 bits per heavy atom. The minimum absolute atomic E-state index is 0. The molecule has 37 heavy (non-hydrogen) atoms. The van der Waals surface area contributed by atoms with Crippen molar-refractivity contribution in [1.82, 2.24) is 9.97 Å². The third-order valence-electron chi connectivity index (χ3n) is 5.73. The zero-order chi connectivity index (χ0) is 25.6. The standard InChI is InChI=1S/C26H24N4.2C2H3N.Pd/c1-3-9-23-19(7-1)13-15-21(29-23)17-27-25-11-5-6-12-26(25)28-18-22-16-14-20-8-2-4-10-24(20)30-22;2*1-2-3;/h1-4,7-10,13-18,25-26H,5-6,11-12H2;2*1H3;. The van der Waals surface area contributed by atoms with Crippen molar-refractivity contribution >= 4 is 34.2 Å². The van der Waals surface area contributed by atoms with Gasteiger partial charge >= 0.3 is 0 Å². The summed E-state index contributed by atoms with van der Waals surface area (Å²) in [6.07, 6.45) is 8.37. The van der Waals surface area contributed by atoms with Gasteiger partial charge in [0.05, 0.1) is 46.6 Å². The van der Waals surface area contributed by atoms with E-state index in [1.807, 2.05) is 61.0 Å². The molecule has 0 spiro atoms. The number of rotatable bonds is 4. The van der Waals surface area contributed by atoms with Gasteiger partial charge in [-0.25, -0.2) is 9.97 Å². The maximum absolute atomic E-state index is 7.32. The van der Waals surface area contributed by atoms with Crippen LogP contribution in [0.3, 0.4) is 0 Å². The number of fused-ring (bicyclic) bond motifs is 2. The second-order valence-electron chi connectivity index (χ2n) is 8.28. The van der Waals surface area contributed by atoms with Gasteiger partial charge in [-0.1, -0.05) is 61.4 Å². The van der Waals surface area contributed by atoms with Gasteiger partial charge in [-0.15, -0.1) is 0 Å². The predicted molar refractivity (Wildman–Crippen MR) is 147 cm³/mol. The Hall–Kier alpha value is -3.76. The monoisotopic (exact) mass is 580 g/mol. The van der Waals surface area contributed by atoms with Crippen molar-refractivity contribution < 1.29 is 20.4 Å². The summed E-state index contributed by atoms with van der Waals surface area (Å²) in [5.74, 6) is 0. The minimum Gasteiger partial charge on any atom is -0.285 e. The van der Waals surface area contributed by atoms with Gasteiger partial charge in [-0.2, -0.15) is 10.5 Å². The number of aromatic nitrogens is 2. The molecule has 4 aromatic rings. The van der Waals surface area contributed by atoms with E-state index in [0.29, 0.717) is 0 Å². The van der Waals surface area contributed by atoms with Crippen LogP contribution in [0.15, 0.2) is 82.8 Å². The zero-order valence-corrected chi connectivity index (χ0v) is 22.6. The summed E-state index contributed by atoms with van der Waals surface area (Å²) in [5.41, 5.74) is 3.81. The minimum atomic E-state index is 0. The molecule has 2 atom stereocenters. The second kappa shape index (κ2) is 16.1. The number of aliphatic imine (C=N–C) groups is 2. The fourth-order valence-electron chi connectivity index (χ4n) is 4.09. The molecule has 6 nitrogen and oxygen atoms in total. The first-order valence-electron chi connectivity index (χ1n) is 12.1. The van der Waals surface area contributed by atoms with Gasteiger partial charge in [-0.3, -0.25) is 9.98 Å². The topological polar surface area (TPSA) is 98.1 Å². The first kappa shape index (κ1) is 29.5. The van der Waals surface area contributed by atoms with E-state index in [9.17, 15) is 0 Å². The molecule has 190 valence electrons. The smallest absolute Gasteiger partial charge is 0.0815 e. The van der Waals surface area contributed by atoms with Gasteiger partial charge in [0.25, 0.3) is 0 Å². The molecule has 0 radical (unpaired) electrons.